The maximum Gasteiger partial charge on any atom is 0.514 e. The number of alkyl carbamates (subject to hydrolysis) is 1. The molecule has 0 fully saturated rings. The Morgan fingerprint density at radius 2 is 1.22 bits per heavy atom. The van der Waals surface area contributed by atoms with Gasteiger partial charge in [-0.25, -0.2) is 19.2 Å². The summed E-state index contributed by atoms with van der Waals surface area (Å²) < 4.78 is 31.6. The van der Waals surface area contributed by atoms with Crippen LogP contribution in [0.2, 0.25) is 0 Å². The topological polar surface area (TPSA) is 136 Å². The number of benzene rings is 1. The zero-order chi connectivity index (χ0) is 28.8. The molecule has 0 aromatic heterocycles. The molecule has 0 aliphatic heterocycles. The minimum absolute atomic E-state index is 0.0540. The summed E-state index contributed by atoms with van der Waals surface area (Å²) in [7, 11) is 1.19. The van der Waals surface area contributed by atoms with Crippen molar-refractivity contribution in [3.8, 4) is 11.5 Å². The zero-order valence-electron chi connectivity index (χ0n) is 22.9. The third kappa shape index (κ3) is 12.8. The molecule has 11 nitrogen and oxygen atoms in total. The summed E-state index contributed by atoms with van der Waals surface area (Å²) in [6, 6.07) is 1.71. The SMILES string of the molecule is COC(=O)C(Cc1cc(OC(=O)OC(C)(C)C)c(OC(=O)OC(C)(C)C)cc1I)NC(=O)OC(C)(C)C. The fourth-order valence-electron chi connectivity index (χ4n) is 2.62. The maximum atomic E-state index is 12.4. The van der Waals surface area contributed by atoms with Gasteiger partial charge in [0, 0.05) is 9.99 Å². The second-order valence-corrected chi connectivity index (χ2v) is 12.1. The normalized spacial score (nSPS) is 12.6. The van der Waals surface area contributed by atoms with Gasteiger partial charge in [0.15, 0.2) is 11.5 Å². The van der Waals surface area contributed by atoms with Crippen LogP contribution in [-0.2, 0) is 30.2 Å². The number of halogens is 1. The van der Waals surface area contributed by atoms with Crippen LogP contribution in [0.3, 0.4) is 0 Å². The lowest BCUT2D eigenvalue weighted by Gasteiger charge is -2.23. The zero-order valence-corrected chi connectivity index (χ0v) is 25.1. The van der Waals surface area contributed by atoms with Crippen LogP contribution in [-0.4, -0.2) is 54.3 Å². The first-order chi connectivity index (χ1) is 16.7. The predicted octanol–water partition coefficient (Wildman–Crippen LogP) is 5.53. The molecule has 37 heavy (non-hydrogen) atoms. The van der Waals surface area contributed by atoms with Crippen LogP contribution in [0, 0.1) is 3.57 Å². The number of carbonyl (C=O) groups excluding carboxylic acids is 4. The van der Waals surface area contributed by atoms with E-state index < -0.39 is 47.2 Å². The van der Waals surface area contributed by atoms with Gasteiger partial charge < -0.3 is 33.7 Å². The number of methoxy groups -OCH3 is 1. The molecule has 12 heteroatoms. The van der Waals surface area contributed by atoms with E-state index in [1.54, 1.807) is 62.3 Å². The molecule has 0 saturated carbocycles. The lowest BCUT2D eigenvalue weighted by molar-refractivity contribution is -0.143. The van der Waals surface area contributed by atoms with Gasteiger partial charge in [0.25, 0.3) is 0 Å². The Balaban J connectivity index is 3.36. The molecule has 0 aliphatic carbocycles. The number of hydrogen-bond acceptors (Lipinski definition) is 10. The lowest BCUT2D eigenvalue weighted by atomic mass is 10.1. The van der Waals surface area contributed by atoms with E-state index in [1.807, 2.05) is 22.6 Å². The second-order valence-electron chi connectivity index (χ2n) is 10.9. The Morgan fingerprint density at radius 3 is 1.62 bits per heavy atom. The largest absolute Gasteiger partial charge is 0.514 e. The van der Waals surface area contributed by atoms with Crippen LogP contribution in [0.15, 0.2) is 12.1 Å². The Bertz CT molecular complexity index is 1000. The van der Waals surface area contributed by atoms with Crippen molar-refractivity contribution in [2.75, 3.05) is 7.11 Å². The van der Waals surface area contributed by atoms with E-state index in [2.05, 4.69) is 5.32 Å². The van der Waals surface area contributed by atoms with Gasteiger partial charge in [0.1, 0.15) is 22.8 Å². The summed E-state index contributed by atoms with van der Waals surface area (Å²) in [5.41, 5.74) is -1.98. The van der Waals surface area contributed by atoms with E-state index >= 15 is 0 Å². The third-order valence-electron chi connectivity index (χ3n) is 3.88. The molecule has 0 bridgehead atoms. The van der Waals surface area contributed by atoms with E-state index in [4.69, 9.17) is 28.4 Å². The minimum atomic E-state index is -1.12. The fraction of sp³-hybridized carbons (Fsp3) is 0.600. The molecule has 1 amide bonds. The van der Waals surface area contributed by atoms with Crippen molar-refractivity contribution in [1.82, 2.24) is 5.32 Å². The van der Waals surface area contributed by atoms with Gasteiger partial charge in [0.2, 0.25) is 0 Å². The first kappa shape index (κ1) is 32.3. The Labute approximate surface area is 231 Å². The quantitative estimate of drug-likeness (QED) is 0.184. The lowest BCUT2D eigenvalue weighted by Crippen LogP contribution is -2.45. The average Bonchev–Trinajstić information content (AvgIpc) is 2.65. The number of ether oxygens (including phenoxy) is 6. The minimum Gasteiger partial charge on any atom is -0.467 e. The molecule has 1 unspecified atom stereocenters. The van der Waals surface area contributed by atoms with Gasteiger partial charge in [-0.1, -0.05) is 0 Å². The van der Waals surface area contributed by atoms with Gasteiger partial charge >= 0.3 is 24.4 Å². The maximum absolute atomic E-state index is 12.4. The average molecular weight is 637 g/mol. The number of amides is 1. The highest BCUT2D eigenvalue weighted by molar-refractivity contribution is 14.1. The Kier molecular flexibility index (Phi) is 11.0. The first-order valence-corrected chi connectivity index (χ1v) is 12.5. The van der Waals surface area contributed by atoms with Crippen LogP contribution < -0.4 is 14.8 Å². The van der Waals surface area contributed by atoms with Crippen molar-refractivity contribution in [2.45, 2.75) is 91.6 Å². The van der Waals surface area contributed by atoms with E-state index in [9.17, 15) is 19.2 Å². The van der Waals surface area contributed by atoms with E-state index in [0.717, 1.165) is 0 Å². The highest BCUT2D eigenvalue weighted by Crippen LogP contribution is 2.34. The molecule has 0 saturated heterocycles. The Hall–Kier alpha value is -2.77. The molecule has 1 N–H and O–H groups in total. The van der Waals surface area contributed by atoms with Crippen LogP contribution in [0.5, 0.6) is 11.5 Å². The molecule has 1 aromatic carbocycles. The first-order valence-electron chi connectivity index (χ1n) is 11.4. The summed E-state index contributed by atoms with van der Waals surface area (Å²) >= 11 is 1.96. The van der Waals surface area contributed by atoms with Gasteiger partial charge in [-0.3, -0.25) is 0 Å². The van der Waals surface area contributed by atoms with Gasteiger partial charge in [0.05, 0.1) is 7.11 Å². The van der Waals surface area contributed by atoms with Gasteiger partial charge in [-0.2, -0.15) is 0 Å². The van der Waals surface area contributed by atoms with E-state index in [-0.39, 0.29) is 17.9 Å². The molecule has 0 spiro atoms. The summed E-state index contributed by atoms with van der Waals surface area (Å²) in [6.45, 7) is 15.1. The van der Waals surface area contributed by atoms with Gasteiger partial charge in [-0.05, 0) is 103 Å². The highest BCUT2D eigenvalue weighted by Gasteiger charge is 2.28. The molecule has 0 heterocycles. The van der Waals surface area contributed by atoms with Crippen molar-refractivity contribution >= 4 is 47.0 Å². The fourth-order valence-corrected chi connectivity index (χ4v) is 3.28. The summed E-state index contributed by atoms with van der Waals surface area (Å²) in [5.74, 6) is -0.982. The molecular weight excluding hydrogens is 601 g/mol. The number of nitrogens with one attached hydrogen (secondary N) is 1. The molecule has 0 radical (unpaired) electrons. The predicted molar refractivity (Wildman–Crippen MR) is 142 cm³/mol. The highest BCUT2D eigenvalue weighted by atomic mass is 127. The van der Waals surface area contributed by atoms with Crippen LogP contribution in [0.1, 0.15) is 67.9 Å². The molecule has 1 rings (SSSR count). The van der Waals surface area contributed by atoms with Crippen molar-refractivity contribution in [3.05, 3.63) is 21.3 Å². The Morgan fingerprint density at radius 1 is 0.784 bits per heavy atom. The van der Waals surface area contributed by atoms with E-state index in [1.165, 1.54) is 19.2 Å². The number of rotatable bonds is 6. The van der Waals surface area contributed by atoms with Crippen molar-refractivity contribution in [2.24, 2.45) is 0 Å². The third-order valence-corrected chi connectivity index (χ3v) is 4.88. The number of carbonyl (C=O) groups is 4. The van der Waals surface area contributed by atoms with E-state index in [0.29, 0.717) is 9.13 Å². The number of esters is 1. The standard InChI is InChI=1S/C25H36INO10/c1-23(2,3)35-20(29)27-16(19(28)32-10)11-14-12-17(33-21(30)36-24(4,5)6)18(13-15(14)26)34-22(31)37-25(7,8)9/h12-13,16H,11H2,1-10H3,(H,27,29). The molecule has 208 valence electrons. The van der Waals surface area contributed by atoms with Crippen molar-refractivity contribution < 1.29 is 47.6 Å². The van der Waals surface area contributed by atoms with Crippen molar-refractivity contribution in [1.29, 1.82) is 0 Å². The molecular formula is C25H36INO10. The molecule has 0 aliphatic rings. The summed E-state index contributed by atoms with van der Waals surface area (Å²) in [4.78, 5) is 49.4. The summed E-state index contributed by atoms with van der Waals surface area (Å²) in [6.07, 6.45) is -2.91. The number of hydrogen-bond donors (Lipinski definition) is 1. The van der Waals surface area contributed by atoms with Gasteiger partial charge in [-0.15, -0.1) is 0 Å². The molecule has 1 aromatic rings. The summed E-state index contributed by atoms with van der Waals surface area (Å²) in [5, 5.41) is 2.49. The molecule has 1 atom stereocenters. The smallest absolute Gasteiger partial charge is 0.467 e. The monoisotopic (exact) mass is 637 g/mol. The van der Waals surface area contributed by atoms with Crippen LogP contribution in [0.25, 0.3) is 0 Å². The second kappa shape index (κ2) is 12.7. The van der Waals surface area contributed by atoms with Crippen LogP contribution >= 0.6 is 22.6 Å². The van der Waals surface area contributed by atoms with Crippen molar-refractivity contribution in [3.63, 3.8) is 0 Å². The van der Waals surface area contributed by atoms with Crippen LogP contribution in [0.4, 0.5) is 14.4 Å².